The molecule has 4 heterocycles. The number of hydrogen-bond donors (Lipinski definition) is 2. The second kappa shape index (κ2) is 11.5. The monoisotopic (exact) mass is 637 g/mol. The zero-order valence-corrected chi connectivity index (χ0v) is 27.8. The van der Waals surface area contributed by atoms with E-state index in [1.807, 2.05) is 71.4 Å². The van der Waals surface area contributed by atoms with Crippen LogP contribution in [-0.4, -0.2) is 56.9 Å². The Morgan fingerprint density at radius 2 is 1.23 bits per heavy atom. The lowest BCUT2D eigenvalue weighted by molar-refractivity contribution is 0.331. The first kappa shape index (κ1) is 30.1. The highest BCUT2D eigenvalue weighted by atomic mass is 16.1. The molecule has 48 heavy (non-hydrogen) atoms. The maximum Gasteiger partial charge on any atom is 0.199 e. The molecule has 4 aromatic carbocycles. The largest absolute Gasteiger partial charge is 0.384 e. The summed E-state index contributed by atoms with van der Waals surface area (Å²) in [4.78, 5) is 38.9. The van der Waals surface area contributed by atoms with Crippen molar-refractivity contribution >= 4 is 66.0 Å². The summed E-state index contributed by atoms with van der Waals surface area (Å²) in [5.74, 6) is 0. The molecule has 0 aliphatic rings. The standard InChI is InChI=1S/C39H39N7O2/c1-39(2,3)24-11-16-32-26(21-24)38(48)34-28(13-15-30-36(34)46(32)23-43-30)41-18-8-20-44(4)19-7-17-40-27-12-14-29-35-33(27)37(47)25-9-5-6-10-31(25)45(35)22-42-29/h5-6,9-16,21-23,40-41H,7-8,17-20H2,1-4H3. The minimum atomic E-state index is -0.0550. The molecule has 0 bridgehead atoms. The number of para-hydroxylation sites is 1. The number of pyridine rings is 2. The third kappa shape index (κ3) is 4.88. The molecule has 0 unspecified atom stereocenters. The van der Waals surface area contributed by atoms with Gasteiger partial charge in [0.15, 0.2) is 10.9 Å². The predicted molar refractivity (Wildman–Crippen MR) is 198 cm³/mol. The number of fused-ring (bicyclic) bond motifs is 4. The number of anilines is 2. The zero-order chi connectivity index (χ0) is 33.2. The summed E-state index contributed by atoms with van der Waals surface area (Å²) in [5.41, 5.74) is 8.03. The second-order valence-electron chi connectivity index (χ2n) is 14.0. The molecule has 8 rings (SSSR count). The molecule has 242 valence electrons. The lowest BCUT2D eigenvalue weighted by atomic mass is 9.86. The van der Waals surface area contributed by atoms with E-state index in [1.54, 1.807) is 6.33 Å². The van der Waals surface area contributed by atoms with Crippen molar-refractivity contribution in [1.29, 1.82) is 0 Å². The molecule has 0 aliphatic carbocycles. The normalized spacial score (nSPS) is 12.6. The van der Waals surface area contributed by atoms with Crippen molar-refractivity contribution in [3.8, 4) is 0 Å². The first-order chi connectivity index (χ1) is 23.2. The van der Waals surface area contributed by atoms with Gasteiger partial charge in [-0.25, -0.2) is 9.97 Å². The van der Waals surface area contributed by atoms with Crippen LogP contribution < -0.4 is 21.5 Å². The molecule has 0 atom stereocenters. The van der Waals surface area contributed by atoms with Gasteiger partial charge in [0.25, 0.3) is 0 Å². The summed E-state index contributed by atoms with van der Waals surface area (Å²) in [5, 5.41) is 9.91. The molecule has 0 radical (unpaired) electrons. The molecular formula is C39H39N7O2. The minimum absolute atomic E-state index is 0.0367. The van der Waals surface area contributed by atoms with Gasteiger partial charge in [-0.1, -0.05) is 39.0 Å². The molecule has 9 heteroatoms. The Bertz CT molecular complexity index is 2580. The Balaban J connectivity index is 0.914. The van der Waals surface area contributed by atoms with E-state index in [0.717, 1.165) is 94.4 Å². The number of nitrogens with one attached hydrogen (secondary N) is 2. The molecule has 0 saturated heterocycles. The quantitative estimate of drug-likeness (QED) is 0.127. The van der Waals surface area contributed by atoms with Crippen LogP contribution in [0.3, 0.4) is 0 Å². The molecule has 8 aromatic rings. The Morgan fingerprint density at radius 3 is 1.81 bits per heavy atom. The van der Waals surface area contributed by atoms with Crippen molar-refractivity contribution in [3.05, 3.63) is 105 Å². The molecule has 0 fully saturated rings. The number of imidazole rings is 2. The number of nitrogens with zero attached hydrogens (tertiary/aromatic N) is 5. The number of rotatable bonds is 10. The van der Waals surface area contributed by atoms with Crippen LogP contribution in [0.2, 0.25) is 0 Å². The van der Waals surface area contributed by atoms with Gasteiger partial charge in [-0.2, -0.15) is 0 Å². The summed E-state index contributed by atoms with van der Waals surface area (Å²) < 4.78 is 4.07. The summed E-state index contributed by atoms with van der Waals surface area (Å²) in [6.07, 6.45) is 5.48. The second-order valence-corrected chi connectivity index (χ2v) is 14.0. The number of hydrogen-bond acceptors (Lipinski definition) is 7. The molecular weight excluding hydrogens is 598 g/mol. The van der Waals surface area contributed by atoms with Crippen LogP contribution in [0.1, 0.15) is 39.2 Å². The van der Waals surface area contributed by atoms with Crippen molar-refractivity contribution in [1.82, 2.24) is 23.7 Å². The van der Waals surface area contributed by atoms with E-state index in [0.29, 0.717) is 16.2 Å². The van der Waals surface area contributed by atoms with Gasteiger partial charge in [0.1, 0.15) is 12.7 Å². The first-order valence-corrected chi connectivity index (χ1v) is 16.7. The van der Waals surface area contributed by atoms with Gasteiger partial charge in [-0.3, -0.25) is 18.4 Å². The highest BCUT2D eigenvalue weighted by Crippen LogP contribution is 2.31. The molecule has 4 aromatic heterocycles. The third-order valence-electron chi connectivity index (χ3n) is 9.71. The van der Waals surface area contributed by atoms with E-state index in [4.69, 9.17) is 0 Å². The van der Waals surface area contributed by atoms with Gasteiger partial charge >= 0.3 is 0 Å². The summed E-state index contributed by atoms with van der Waals surface area (Å²) in [6.45, 7) is 9.84. The zero-order valence-electron chi connectivity index (χ0n) is 27.8. The van der Waals surface area contributed by atoms with Crippen molar-refractivity contribution in [2.45, 2.75) is 39.0 Å². The van der Waals surface area contributed by atoms with Crippen molar-refractivity contribution in [3.63, 3.8) is 0 Å². The highest BCUT2D eigenvalue weighted by molar-refractivity contribution is 6.08. The van der Waals surface area contributed by atoms with Gasteiger partial charge < -0.3 is 15.5 Å². The van der Waals surface area contributed by atoms with E-state index in [-0.39, 0.29) is 16.3 Å². The first-order valence-electron chi connectivity index (χ1n) is 16.7. The van der Waals surface area contributed by atoms with Crippen molar-refractivity contribution < 1.29 is 0 Å². The number of aromatic nitrogens is 4. The van der Waals surface area contributed by atoms with Crippen LogP contribution in [0.4, 0.5) is 11.4 Å². The van der Waals surface area contributed by atoms with Gasteiger partial charge in [0, 0.05) is 35.2 Å². The van der Waals surface area contributed by atoms with E-state index < -0.39 is 0 Å². The maximum atomic E-state index is 13.9. The SMILES string of the molecule is CN(CCCNc1ccc2ncn3c4ccccc4c(=O)c1c23)CCCNc1ccc2ncn3c4ccc(C(C)(C)C)cc4c(=O)c1c23. The Hall–Kier alpha value is -5.28. The Morgan fingerprint density at radius 1 is 0.688 bits per heavy atom. The Labute approximate surface area is 277 Å². The van der Waals surface area contributed by atoms with Gasteiger partial charge in [-0.05, 0) is 92.5 Å². The van der Waals surface area contributed by atoms with Crippen LogP contribution in [-0.2, 0) is 5.41 Å². The topological polar surface area (TPSA) is 96.0 Å². The summed E-state index contributed by atoms with van der Waals surface area (Å²) >= 11 is 0. The molecule has 0 spiro atoms. The fourth-order valence-electron chi connectivity index (χ4n) is 7.13. The van der Waals surface area contributed by atoms with Gasteiger partial charge in [-0.15, -0.1) is 0 Å². The summed E-state index contributed by atoms with van der Waals surface area (Å²) in [7, 11) is 2.14. The molecule has 0 aliphatic heterocycles. The van der Waals surface area contributed by atoms with E-state index >= 15 is 0 Å². The fraction of sp³-hybridized carbons (Fsp3) is 0.282. The fourth-order valence-corrected chi connectivity index (χ4v) is 7.13. The van der Waals surface area contributed by atoms with Crippen molar-refractivity contribution in [2.24, 2.45) is 0 Å². The Kier molecular flexibility index (Phi) is 7.18. The number of benzene rings is 4. The highest BCUT2D eigenvalue weighted by Gasteiger charge is 2.20. The lowest BCUT2D eigenvalue weighted by Gasteiger charge is -2.20. The third-order valence-corrected chi connectivity index (χ3v) is 9.71. The smallest absolute Gasteiger partial charge is 0.199 e. The van der Waals surface area contributed by atoms with Crippen LogP contribution in [0.15, 0.2) is 89.0 Å². The molecule has 2 N–H and O–H groups in total. The van der Waals surface area contributed by atoms with Crippen molar-refractivity contribution in [2.75, 3.05) is 43.9 Å². The van der Waals surface area contributed by atoms with Crippen LogP contribution in [0, 0.1) is 0 Å². The van der Waals surface area contributed by atoms with E-state index in [9.17, 15) is 9.59 Å². The van der Waals surface area contributed by atoms with Gasteiger partial charge in [0.05, 0.1) is 43.9 Å². The predicted octanol–water partition coefficient (Wildman–Crippen LogP) is 6.72. The average molecular weight is 638 g/mol. The van der Waals surface area contributed by atoms with E-state index in [2.05, 4.69) is 63.8 Å². The van der Waals surface area contributed by atoms with Crippen LogP contribution in [0.25, 0.3) is 54.6 Å². The molecule has 0 saturated carbocycles. The lowest BCUT2D eigenvalue weighted by Crippen LogP contribution is -2.24. The van der Waals surface area contributed by atoms with Crippen LogP contribution >= 0.6 is 0 Å². The average Bonchev–Trinajstić information content (AvgIpc) is 3.72. The molecule has 0 amide bonds. The van der Waals surface area contributed by atoms with Gasteiger partial charge in [0.2, 0.25) is 0 Å². The maximum absolute atomic E-state index is 13.9. The minimum Gasteiger partial charge on any atom is -0.384 e. The molecule has 9 nitrogen and oxygen atoms in total. The van der Waals surface area contributed by atoms with Crippen LogP contribution in [0.5, 0.6) is 0 Å². The summed E-state index contributed by atoms with van der Waals surface area (Å²) in [6, 6.07) is 21.8. The van der Waals surface area contributed by atoms with E-state index in [1.165, 1.54) is 0 Å².